The molecule has 0 radical (unpaired) electrons. The van der Waals surface area contributed by atoms with Crippen LogP contribution in [0.25, 0.3) is 0 Å². The van der Waals surface area contributed by atoms with Gasteiger partial charge in [-0.15, -0.1) is 0 Å². The minimum atomic E-state index is -0.184. The molecule has 1 aromatic rings. The smallest absolute Gasteiger partial charge is 0.146 e. The zero-order valence-corrected chi connectivity index (χ0v) is 12.5. The summed E-state index contributed by atoms with van der Waals surface area (Å²) in [4.78, 5) is 12.8. The highest BCUT2D eigenvalue weighted by Gasteiger charge is 2.43. The van der Waals surface area contributed by atoms with Gasteiger partial charge in [0, 0.05) is 30.6 Å². The van der Waals surface area contributed by atoms with E-state index in [9.17, 15) is 4.79 Å². The number of carbonyl (C=O) groups is 1. The molecule has 0 bridgehead atoms. The highest BCUT2D eigenvalue weighted by atomic mass is 16.1. The molecule has 106 valence electrons. The molecule has 2 heterocycles. The molecule has 0 aliphatic carbocycles. The van der Waals surface area contributed by atoms with Crippen molar-refractivity contribution in [2.45, 2.75) is 47.1 Å². The maximum Gasteiger partial charge on any atom is 0.146 e. The third-order valence-electron chi connectivity index (χ3n) is 4.48. The molecule has 19 heavy (non-hydrogen) atoms. The third kappa shape index (κ3) is 2.59. The van der Waals surface area contributed by atoms with Crippen LogP contribution < -0.4 is 5.32 Å². The molecule has 1 fully saturated rings. The number of nitrogens with one attached hydrogen (secondary N) is 1. The second-order valence-corrected chi connectivity index (χ2v) is 5.93. The van der Waals surface area contributed by atoms with Gasteiger partial charge >= 0.3 is 0 Å². The van der Waals surface area contributed by atoms with Crippen LogP contribution in [0.3, 0.4) is 0 Å². The number of rotatable bonds is 5. The Morgan fingerprint density at radius 3 is 2.84 bits per heavy atom. The summed E-state index contributed by atoms with van der Waals surface area (Å²) < 4.78 is 1.95. The Labute approximate surface area is 115 Å². The highest BCUT2D eigenvalue weighted by Crippen LogP contribution is 2.36. The number of aryl methyl sites for hydroxylation is 2. The summed E-state index contributed by atoms with van der Waals surface area (Å²) in [5.41, 5.74) is 1.86. The van der Waals surface area contributed by atoms with Crippen molar-refractivity contribution in [1.29, 1.82) is 0 Å². The van der Waals surface area contributed by atoms with E-state index in [2.05, 4.69) is 31.2 Å². The van der Waals surface area contributed by atoms with Crippen molar-refractivity contribution in [2.24, 2.45) is 11.3 Å². The number of Topliss-reactive ketones (excluding diaryl/α,β-unsaturated/α-hetero) is 1. The van der Waals surface area contributed by atoms with Crippen LogP contribution in [0.5, 0.6) is 0 Å². The topological polar surface area (TPSA) is 46.9 Å². The molecule has 1 unspecified atom stereocenters. The summed E-state index contributed by atoms with van der Waals surface area (Å²) in [6.07, 6.45) is 1.47. The third-order valence-corrected chi connectivity index (χ3v) is 4.48. The van der Waals surface area contributed by atoms with E-state index in [4.69, 9.17) is 0 Å². The van der Waals surface area contributed by atoms with E-state index in [0.29, 0.717) is 18.1 Å². The molecule has 4 heteroatoms. The van der Waals surface area contributed by atoms with Gasteiger partial charge in [-0.2, -0.15) is 5.10 Å². The average molecular weight is 263 g/mol. The first kappa shape index (κ1) is 14.3. The van der Waals surface area contributed by atoms with Gasteiger partial charge in [0.15, 0.2) is 0 Å². The number of aromatic nitrogens is 2. The van der Waals surface area contributed by atoms with E-state index in [1.165, 1.54) is 0 Å². The summed E-state index contributed by atoms with van der Waals surface area (Å²) in [6, 6.07) is 2.04. The molecule has 1 N–H and O–H groups in total. The molecule has 1 aliphatic heterocycles. The standard InChI is InChI=1S/C15H25N3O/c1-5-18-13(8-12(4)17-18)9-14(19)15(11(2)3)6-7-16-10-15/h8,11,16H,5-7,9-10H2,1-4H3. The predicted molar refractivity (Wildman–Crippen MR) is 76.1 cm³/mol. The Kier molecular flexibility index (Phi) is 4.09. The van der Waals surface area contributed by atoms with Crippen LogP contribution in [0.1, 0.15) is 38.6 Å². The lowest BCUT2D eigenvalue weighted by Gasteiger charge is -2.31. The fourth-order valence-corrected chi connectivity index (χ4v) is 3.12. The van der Waals surface area contributed by atoms with Gasteiger partial charge in [0.2, 0.25) is 0 Å². The summed E-state index contributed by atoms with van der Waals surface area (Å²) in [6.45, 7) is 11.0. The van der Waals surface area contributed by atoms with Crippen molar-refractivity contribution >= 4 is 5.78 Å². The van der Waals surface area contributed by atoms with Crippen molar-refractivity contribution in [2.75, 3.05) is 13.1 Å². The molecule has 1 saturated heterocycles. The normalized spacial score (nSPS) is 23.2. The second-order valence-electron chi connectivity index (χ2n) is 5.93. The molecule has 0 saturated carbocycles. The fraction of sp³-hybridized carbons (Fsp3) is 0.733. The number of carbonyl (C=O) groups excluding carboxylic acids is 1. The maximum absolute atomic E-state index is 12.8. The molecule has 1 aromatic heterocycles. The lowest BCUT2D eigenvalue weighted by molar-refractivity contribution is -0.129. The van der Waals surface area contributed by atoms with Crippen molar-refractivity contribution < 1.29 is 4.79 Å². The Hall–Kier alpha value is -1.16. The zero-order chi connectivity index (χ0) is 14.0. The first-order valence-electron chi connectivity index (χ1n) is 7.27. The van der Waals surface area contributed by atoms with Crippen molar-refractivity contribution in [3.05, 3.63) is 17.5 Å². The Morgan fingerprint density at radius 1 is 1.58 bits per heavy atom. The molecular weight excluding hydrogens is 238 g/mol. The van der Waals surface area contributed by atoms with E-state index < -0.39 is 0 Å². The van der Waals surface area contributed by atoms with Crippen LogP contribution in [-0.4, -0.2) is 28.7 Å². The quantitative estimate of drug-likeness (QED) is 0.883. The van der Waals surface area contributed by atoms with Crippen LogP contribution in [0, 0.1) is 18.3 Å². The van der Waals surface area contributed by atoms with Crippen molar-refractivity contribution in [1.82, 2.24) is 15.1 Å². The molecule has 4 nitrogen and oxygen atoms in total. The van der Waals surface area contributed by atoms with Crippen molar-refractivity contribution in [3.63, 3.8) is 0 Å². The van der Waals surface area contributed by atoms with Gasteiger partial charge in [0.1, 0.15) is 5.78 Å². The van der Waals surface area contributed by atoms with Gasteiger partial charge < -0.3 is 5.32 Å². The largest absolute Gasteiger partial charge is 0.316 e. The Morgan fingerprint density at radius 2 is 2.32 bits per heavy atom. The van der Waals surface area contributed by atoms with E-state index >= 15 is 0 Å². The fourth-order valence-electron chi connectivity index (χ4n) is 3.12. The molecule has 0 spiro atoms. The monoisotopic (exact) mass is 263 g/mol. The van der Waals surface area contributed by atoms with Gasteiger partial charge in [0.25, 0.3) is 0 Å². The van der Waals surface area contributed by atoms with Gasteiger partial charge in [-0.25, -0.2) is 0 Å². The zero-order valence-electron chi connectivity index (χ0n) is 12.5. The number of hydrogen-bond donors (Lipinski definition) is 1. The Bertz CT molecular complexity index is 456. The summed E-state index contributed by atoms with van der Waals surface area (Å²) in [5, 5.41) is 7.78. The number of hydrogen-bond acceptors (Lipinski definition) is 3. The van der Waals surface area contributed by atoms with Gasteiger partial charge in [-0.3, -0.25) is 9.48 Å². The van der Waals surface area contributed by atoms with Gasteiger partial charge in [0.05, 0.1) is 5.69 Å². The molecular formula is C15H25N3O. The molecule has 0 aromatic carbocycles. The second kappa shape index (κ2) is 5.45. The number of nitrogens with zero attached hydrogens (tertiary/aromatic N) is 2. The Balaban J connectivity index is 2.20. The van der Waals surface area contributed by atoms with Crippen LogP contribution in [0.4, 0.5) is 0 Å². The van der Waals surface area contributed by atoms with Crippen LogP contribution in [0.15, 0.2) is 6.07 Å². The maximum atomic E-state index is 12.8. The predicted octanol–water partition coefficient (Wildman–Crippen LogP) is 1.96. The highest BCUT2D eigenvalue weighted by molar-refractivity contribution is 5.87. The first-order chi connectivity index (χ1) is 8.99. The number of ketones is 1. The van der Waals surface area contributed by atoms with Crippen LogP contribution in [-0.2, 0) is 17.8 Å². The lowest BCUT2D eigenvalue weighted by atomic mass is 9.72. The lowest BCUT2D eigenvalue weighted by Crippen LogP contribution is -2.39. The van der Waals surface area contributed by atoms with E-state index in [-0.39, 0.29) is 5.41 Å². The van der Waals surface area contributed by atoms with Crippen LogP contribution >= 0.6 is 0 Å². The summed E-state index contributed by atoms with van der Waals surface area (Å²) in [7, 11) is 0. The SMILES string of the molecule is CCn1nc(C)cc1CC(=O)C1(C(C)C)CCNC1. The molecule has 1 aliphatic rings. The van der Waals surface area contributed by atoms with Gasteiger partial charge in [-0.05, 0) is 38.8 Å². The van der Waals surface area contributed by atoms with E-state index in [1.54, 1.807) is 0 Å². The first-order valence-corrected chi connectivity index (χ1v) is 7.27. The van der Waals surface area contributed by atoms with Gasteiger partial charge in [-0.1, -0.05) is 13.8 Å². The van der Waals surface area contributed by atoms with E-state index in [1.807, 2.05) is 17.7 Å². The molecule has 0 amide bonds. The molecule has 1 atom stereocenters. The minimum Gasteiger partial charge on any atom is -0.316 e. The average Bonchev–Trinajstić information content (AvgIpc) is 2.96. The van der Waals surface area contributed by atoms with Crippen LogP contribution in [0.2, 0.25) is 0 Å². The molecule has 2 rings (SSSR count). The van der Waals surface area contributed by atoms with Crippen molar-refractivity contribution in [3.8, 4) is 0 Å². The summed E-state index contributed by atoms with van der Waals surface area (Å²) in [5.74, 6) is 0.746. The minimum absolute atomic E-state index is 0.184. The van der Waals surface area contributed by atoms with E-state index in [0.717, 1.165) is 37.4 Å². The summed E-state index contributed by atoms with van der Waals surface area (Å²) >= 11 is 0.